The maximum absolute atomic E-state index is 12.1. The molecule has 2 fully saturated rings. The Bertz CT molecular complexity index is 337. The number of hydrogen-bond donors (Lipinski definition) is 1. The summed E-state index contributed by atoms with van der Waals surface area (Å²) in [5.41, 5.74) is -0.431. The molecule has 128 valence electrons. The molecule has 0 aromatic carbocycles. The van der Waals surface area contributed by atoms with Gasteiger partial charge in [-0.05, 0) is 69.6 Å². The summed E-state index contributed by atoms with van der Waals surface area (Å²) in [4.78, 5) is 12.1. The molecular weight excluding hydrogens is 276 g/mol. The summed E-state index contributed by atoms with van der Waals surface area (Å²) in [7, 11) is 0. The Balaban J connectivity index is 1.91. The van der Waals surface area contributed by atoms with E-state index in [9.17, 15) is 9.90 Å². The zero-order valence-corrected chi connectivity index (χ0v) is 14.5. The lowest BCUT2D eigenvalue weighted by Crippen LogP contribution is -2.44. The third-order valence-corrected chi connectivity index (χ3v) is 6.13. The molecule has 0 saturated heterocycles. The van der Waals surface area contributed by atoms with Crippen molar-refractivity contribution < 1.29 is 14.6 Å². The Labute approximate surface area is 135 Å². The first-order valence-electron chi connectivity index (χ1n) is 9.47. The Hall–Kier alpha value is -0.570. The van der Waals surface area contributed by atoms with Crippen molar-refractivity contribution in [2.45, 2.75) is 90.6 Å². The number of rotatable bonds is 7. The van der Waals surface area contributed by atoms with Crippen LogP contribution in [0.25, 0.3) is 0 Å². The van der Waals surface area contributed by atoms with Crippen LogP contribution in [0.4, 0.5) is 0 Å². The van der Waals surface area contributed by atoms with E-state index in [0.717, 1.165) is 70.3 Å². The summed E-state index contributed by atoms with van der Waals surface area (Å²) in [5, 5.41) is 9.93. The Morgan fingerprint density at radius 2 is 1.68 bits per heavy atom. The van der Waals surface area contributed by atoms with Gasteiger partial charge in [0.05, 0.1) is 11.5 Å². The van der Waals surface area contributed by atoms with Crippen LogP contribution in [0.5, 0.6) is 0 Å². The maximum Gasteiger partial charge on any atom is 0.309 e. The molecule has 2 rings (SSSR count). The van der Waals surface area contributed by atoms with Gasteiger partial charge in [0.25, 0.3) is 0 Å². The lowest BCUT2D eigenvalue weighted by Gasteiger charge is -2.45. The molecule has 3 nitrogen and oxygen atoms in total. The van der Waals surface area contributed by atoms with Crippen molar-refractivity contribution in [1.29, 1.82) is 0 Å². The van der Waals surface area contributed by atoms with Crippen molar-refractivity contribution in [3.05, 3.63) is 0 Å². The number of ether oxygens (including phenoxy) is 1. The molecule has 0 unspecified atom stereocenters. The summed E-state index contributed by atoms with van der Waals surface area (Å²) < 4.78 is 5.86. The molecule has 0 radical (unpaired) electrons. The fraction of sp³-hybridized carbons (Fsp3) is 0.947. The van der Waals surface area contributed by atoms with Crippen LogP contribution in [0.1, 0.15) is 84.5 Å². The molecule has 0 bridgehead atoms. The van der Waals surface area contributed by atoms with Crippen molar-refractivity contribution in [3.8, 4) is 0 Å². The fourth-order valence-corrected chi connectivity index (χ4v) is 4.75. The second-order valence-electron chi connectivity index (χ2n) is 7.54. The number of aliphatic carboxylic acids is 1. The average Bonchev–Trinajstić information content (AvgIpc) is 2.54. The van der Waals surface area contributed by atoms with E-state index in [-0.39, 0.29) is 0 Å². The van der Waals surface area contributed by atoms with Crippen LogP contribution < -0.4 is 0 Å². The van der Waals surface area contributed by atoms with Crippen LogP contribution in [-0.4, -0.2) is 23.8 Å². The molecule has 3 heteroatoms. The first-order valence-corrected chi connectivity index (χ1v) is 9.47. The van der Waals surface area contributed by atoms with Crippen LogP contribution in [0, 0.1) is 17.3 Å². The number of carbonyl (C=O) groups is 1. The SMILES string of the molecule is CCCOC1CCC(C2(C(=O)O)CCC(CCC)CC2)CC1. The van der Waals surface area contributed by atoms with Crippen LogP contribution in [0.15, 0.2) is 0 Å². The van der Waals surface area contributed by atoms with Gasteiger partial charge in [-0.3, -0.25) is 4.79 Å². The molecule has 22 heavy (non-hydrogen) atoms. The zero-order valence-electron chi connectivity index (χ0n) is 14.5. The van der Waals surface area contributed by atoms with Gasteiger partial charge in [0.2, 0.25) is 0 Å². The number of carboxylic acids is 1. The van der Waals surface area contributed by atoms with Gasteiger partial charge in [0.15, 0.2) is 0 Å². The van der Waals surface area contributed by atoms with Crippen LogP contribution in [-0.2, 0) is 9.53 Å². The normalized spacial score (nSPS) is 36.2. The minimum Gasteiger partial charge on any atom is -0.481 e. The third kappa shape index (κ3) is 4.04. The van der Waals surface area contributed by atoms with Gasteiger partial charge in [-0.15, -0.1) is 0 Å². The van der Waals surface area contributed by atoms with E-state index in [2.05, 4.69) is 13.8 Å². The molecule has 1 N–H and O–H groups in total. The second kappa shape index (κ2) is 8.33. The molecule has 2 aliphatic rings. The van der Waals surface area contributed by atoms with Crippen molar-refractivity contribution in [2.24, 2.45) is 17.3 Å². The molecule has 0 aliphatic heterocycles. The highest BCUT2D eigenvalue weighted by Gasteiger charge is 2.48. The first kappa shape index (κ1) is 17.8. The van der Waals surface area contributed by atoms with Crippen molar-refractivity contribution >= 4 is 5.97 Å². The molecule has 2 saturated carbocycles. The highest BCUT2D eigenvalue weighted by Crippen LogP contribution is 2.50. The van der Waals surface area contributed by atoms with Gasteiger partial charge in [-0.25, -0.2) is 0 Å². The molecule has 0 aromatic heterocycles. The quantitative estimate of drug-likeness (QED) is 0.717. The lowest BCUT2D eigenvalue weighted by molar-refractivity contribution is -0.158. The van der Waals surface area contributed by atoms with Crippen molar-refractivity contribution in [1.82, 2.24) is 0 Å². The summed E-state index contributed by atoms with van der Waals surface area (Å²) in [5.74, 6) is 0.608. The summed E-state index contributed by atoms with van der Waals surface area (Å²) in [6, 6.07) is 0. The zero-order chi connectivity index (χ0) is 16.0. The summed E-state index contributed by atoms with van der Waals surface area (Å²) >= 11 is 0. The monoisotopic (exact) mass is 310 g/mol. The molecule has 0 atom stereocenters. The first-order chi connectivity index (χ1) is 10.6. The second-order valence-corrected chi connectivity index (χ2v) is 7.54. The predicted octanol–water partition coefficient (Wildman–Crippen LogP) is 5.03. The van der Waals surface area contributed by atoms with Crippen molar-refractivity contribution in [2.75, 3.05) is 6.61 Å². The van der Waals surface area contributed by atoms with E-state index in [4.69, 9.17) is 4.74 Å². The lowest BCUT2D eigenvalue weighted by atomic mass is 9.59. The summed E-state index contributed by atoms with van der Waals surface area (Å²) in [6.45, 7) is 5.22. The topological polar surface area (TPSA) is 46.5 Å². The third-order valence-electron chi connectivity index (χ3n) is 6.13. The molecule has 0 amide bonds. The Morgan fingerprint density at radius 1 is 1.05 bits per heavy atom. The predicted molar refractivity (Wildman–Crippen MR) is 88.9 cm³/mol. The van der Waals surface area contributed by atoms with Crippen LogP contribution in [0.3, 0.4) is 0 Å². The largest absolute Gasteiger partial charge is 0.481 e. The van der Waals surface area contributed by atoms with E-state index in [0.29, 0.717) is 12.0 Å². The van der Waals surface area contributed by atoms with E-state index < -0.39 is 11.4 Å². The van der Waals surface area contributed by atoms with Gasteiger partial charge in [0.1, 0.15) is 0 Å². The van der Waals surface area contributed by atoms with Gasteiger partial charge < -0.3 is 9.84 Å². The minimum atomic E-state index is -0.527. The van der Waals surface area contributed by atoms with Crippen LogP contribution >= 0.6 is 0 Å². The number of hydrogen-bond acceptors (Lipinski definition) is 2. The minimum absolute atomic E-state index is 0.369. The fourth-order valence-electron chi connectivity index (χ4n) is 4.75. The smallest absolute Gasteiger partial charge is 0.309 e. The average molecular weight is 310 g/mol. The van der Waals surface area contributed by atoms with Gasteiger partial charge in [-0.1, -0.05) is 26.7 Å². The van der Waals surface area contributed by atoms with E-state index >= 15 is 0 Å². The molecule has 0 spiro atoms. The summed E-state index contributed by atoms with van der Waals surface area (Å²) in [6.07, 6.45) is 12.2. The highest BCUT2D eigenvalue weighted by molar-refractivity contribution is 5.75. The van der Waals surface area contributed by atoms with Gasteiger partial charge >= 0.3 is 5.97 Å². The molecular formula is C19H34O3. The number of carboxylic acid groups (broad SMARTS) is 1. The Morgan fingerprint density at radius 3 is 2.18 bits per heavy atom. The maximum atomic E-state index is 12.1. The highest BCUT2D eigenvalue weighted by atomic mass is 16.5. The molecule has 2 aliphatic carbocycles. The van der Waals surface area contributed by atoms with E-state index in [1.807, 2.05) is 0 Å². The molecule has 0 aromatic rings. The van der Waals surface area contributed by atoms with Gasteiger partial charge in [-0.2, -0.15) is 0 Å². The van der Waals surface area contributed by atoms with E-state index in [1.165, 1.54) is 12.8 Å². The Kier molecular flexibility index (Phi) is 6.73. The molecule has 0 heterocycles. The van der Waals surface area contributed by atoms with Gasteiger partial charge in [0, 0.05) is 6.61 Å². The standard InChI is InChI=1S/C19H34O3/c1-3-5-15-10-12-19(13-11-15,18(20)21)16-6-8-17(9-7-16)22-14-4-2/h15-17H,3-14H2,1-2H3,(H,20,21). The van der Waals surface area contributed by atoms with Crippen LogP contribution in [0.2, 0.25) is 0 Å². The van der Waals surface area contributed by atoms with E-state index in [1.54, 1.807) is 0 Å². The van der Waals surface area contributed by atoms with Crippen molar-refractivity contribution in [3.63, 3.8) is 0 Å².